The predicted octanol–water partition coefficient (Wildman–Crippen LogP) is 3.62. The summed E-state index contributed by atoms with van der Waals surface area (Å²) in [5, 5.41) is 7.78. The van der Waals surface area contributed by atoms with Gasteiger partial charge in [0.15, 0.2) is 17.0 Å². The fourth-order valence-corrected chi connectivity index (χ4v) is 5.45. The number of pyridine rings is 1. The second-order valence-corrected chi connectivity index (χ2v) is 9.36. The minimum atomic E-state index is 0.346. The topological polar surface area (TPSA) is 99.9 Å². The molecule has 1 aromatic carbocycles. The van der Waals surface area contributed by atoms with Gasteiger partial charge in [0, 0.05) is 25.3 Å². The molecule has 0 aliphatic carbocycles. The molecule has 8 heteroatoms. The summed E-state index contributed by atoms with van der Waals surface area (Å²) in [6, 6.07) is 15.1. The number of fused-ring (bicyclic) bond motifs is 2. The SMILES string of the molecule is NC[C@H]1CCN(c2cnc3c(N4CCCc5ncccc54)n[nH]c3n2)[C@H](Cc2ccccc2)C1. The Bertz CT molecular complexity index is 1270. The van der Waals surface area contributed by atoms with Crippen LogP contribution in [0.2, 0.25) is 0 Å². The first kappa shape index (κ1) is 21.0. The van der Waals surface area contributed by atoms with Gasteiger partial charge >= 0.3 is 0 Å². The van der Waals surface area contributed by atoms with Crippen LogP contribution in [0.1, 0.15) is 30.5 Å². The fraction of sp³-hybridized carbons (Fsp3) is 0.385. The van der Waals surface area contributed by atoms with Crippen molar-refractivity contribution in [3.05, 3.63) is 66.1 Å². The zero-order chi connectivity index (χ0) is 22.9. The summed E-state index contributed by atoms with van der Waals surface area (Å²) < 4.78 is 0. The standard InChI is InChI=1S/C26H30N8/c27-16-19-10-13-33(20(15-19)14-18-6-2-1-3-7-18)23-17-29-24-25(30-23)31-32-26(24)34-12-5-8-21-22(34)9-4-11-28-21/h1-4,6-7,9,11,17,19-20H,5,8,10,12-16,27H2,(H,30,31,32)/t19-,20+/m0/s1. The van der Waals surface area contributed by atoms with E-state index in [9.17, 15) is 0 Å². The molecule has 2 atom stereocenters. The number of hydrogen-bond donors (Lipinski definition) is 2. The van der Waals surface area contributed by atoms with Crippen LogP contribution < -0.4 is 15.5 Å². The number of hydrogen-bond acceptors (Lipinski definition) is 7. The van der Waals surface area contributed by atoms with Gasteiger partial charge in [0.2, 0.25) is 0 Å². The first-order valence-electron chi connectivity index (χ1n) is 12.2. The number of benzene rings is 1. The maximum atomic E-state index is 6.06. The number of piperidine rings is 1. The van der Waals surface area contributed by atoms with Gasteiger partial charge in [0.05, 0.1) is 17.6 Å². The van der Waals surface area contributed by atoms with E-state index in [0.29, 0.717) is 12.0 Å². The van der Waals surface area contributed by atoms with Crippen molar-refractivity contribution in [3.8, 4) is 0 Å². The van der Waals surface area contributed by atoms with Crippen molar-refractivity contribution in [2.24, 2.45) is 11.7 Å². The van der Waals surface area contributed by atoms with Crippen LogP contribution in [0.4, 0.5) is 17.3 Å². The Kier molecular flexibility index (Phi) is 5.58. The van der Waals surface area contributed by atoms with Crippen LogP contribution in [0, 0.1) is 5.92 Å². The molecule has 8 nitrogen and oxygen atoms in total. The summed E-state index contributed by atoms with van der Waals surface area (Å²) in [6.45, 7) is 2.57. The van der Waals surface area contributed by atoms with E-state index in [2.05, 4.69) is 61.4 Å². The number of rotatable bonds is 5. The van der Waals surface area contributed by atoms with Crippen molar-refractivity contribution in [1.29, 1.82) is 0 Å². The van der Waals surface area contributed by atoms with Gasteiger partial charge < -0.3 is 15.5 Å². The van der Waals surface area contributed by atoms with Gasteiger partial charge in [-0.3, -0.25) is 10.1 Å². The molecule has 4 aromatic rings. The molecule has 0 saturated carbocycles. The summed E-state index contributed by atoms with van der Waals surface area (Å²) in [4.78, 5) is 19.0. The van der Waals surface area contributed by atoms with E-state index in [4.69, 9.17) is 15.7 Å². The van der Waals surface area contributed by atoms with Crippen LogP contribution in [-0.4, -0.2) is 50.8 Å². The molecule has 1 saturated heterocycles. The van der Waals surface area contributed by atoms with Crippen molar-refractivity contribution < 1.29 is 0 Å². The highest BCUT2D eigenvalue weighted by atomic mass is 15.3. The smallest absolute Gasteiger partial charge is 0.183 e. The van der Waals surface area contributed by atoms with Crippen molar-refractivity contribution in [1.82, 2.24) is 25.1 Å². The third-order valence-corrected chi connectivity index (χ3v) is 7.21. The van der Waals surface area contributed by atoms with Gasteiger partial charge in [-0.15, -0.1) is 0 Å². The van der Waals surface area contributed by atoms with E-state index in [1.54, 1.807) is 0 Å². The molecular weight excluding hydrogens is 424 g/mol. The van der Waals surface area contributed by atoms with E-state index in [1.807, 2.05) is 18.5 Å². The first-order chi connectivity index (χ1) is 16.8. The number of aromatic amines is 1. The van der Waals surface area contributed by atoms with Crippen LogP contribution in [0.25, 0.3) is 11.2 Å². The van der Waals surface area contributed by atoms with Crippen molar-refractivity contribution in [3.63, 3.8) is 0 Å². The van der Waals surface area contributed by atoms with E-state index in [0.717, 1.165) is 85.9 Å². The zero-order valence-electron chi connectivity index (χ0n) is 19.3. The Balaban J connectivity index is 1.31. The second kappa shape index (κ2) is 9.02. The maximum absolute atomic E-state index is 6.06. The molecule has 3 N–H and O–H groups in total. The Labute approximate surface area is 199 Å². The molecule has 0 radical (unpaired) electrons. The summed E-state index contributed by atoms with van der Waals surface area (Å²) in [5.41, 5.74) is 11.1. The highest BCUT2D eigenvalue weighted by Crippen LogP contribution is 2.35. The van der Waals surface area contributed by atoms with Gasteiger partial charge in [-0.25, -0.2) is 9.97 Å². The number of aromatic nitrogens is 5. The van der Waals surface area contributed by atoms with Gasteiger partial charge in [0.25, 0.3) is 0 Å². The number of aryl methyl sites for hydroxylation is 1. The molecule has 0 bridgehead atoms. The van der Waals surface area contributed by atoms with E-state index < -0.39 is 0 Å². The summed E-state index contributed by atoms with van der Waals surface area (Å²) in [7, 11) is 0. The van der Waals surface area contributed by atoms with Gasteiger partial charge in [-0.2, -0.15) is 5.10 Å². The minimum absolute atomic E-state index is 0.346. The molecular formula is C26H30N8. The van der Waals surface area contributed by atoms with Crippen molar-refractivity contribution >= 4 is 28.5 Å². The maximum Gasteiger partial charge on any atom is 0.183 e. The Morgan fingerprint density at radius 3 is 2.85 bits per heavy atom. The quantitative estimate of drug-likeness (QED) is 0.475. The van der Waals surface area contributed by atoms with Crippen LogP contribution in [0.3, 0.4) is 0 Å². The van der Waals surface area contributed by atoms with Gasteiger partial charge in [0.1, 0.15) is 5.82 Å². The molecule has 5 heterocycles. The highest BCUT2D eigenvalue weighted by Gasteiger charge is 2.30. The van der Waals surface area contributed by atoms with Crippen molar-refractivity contribution in [2.75, 3.05) is 29.4 Å². The van der Waals surface area contributed by atoms with E-state index >= 15 is 0 Å². The predicted molar refractivity (Wildman–Crippen MR) is 134 cm³/mol. The van der Waals surface area contributed by atoms with Crippen LogP contribution in [0.15, 0.2) is 54.9 Å². The lowest BCUT2D eigenvalue weighted by molar-refractivity contribution is 0.343. The molecule has 2 aliphatic rings. The molecule has 1 fully saturated rings. The largest absolute Gasteiger partial charge is 0.352 e. The summed E-state index contributed by atoms with van der Waals surface area (Å²) >= 11 is 0. The molecule has 6 rings (SSSR count). The second-order valence-electron chi connectivity index (χ2n) is 9.36. The Morgan fingerprint density at radius 1 is 1.06 bits per heavy atom. The molecule has 3 aromatic heterocycles. The van der Waals surface area contributed by atoms with Crippen LogP contribution >= 0.6 is 0 Å². The van der Waals surface area contributed by atoms with Crippen LogP contribution in [0.5, 0.6) is 0 Å². The average molecular weight is 455 g/mol. The number of anilines is 3. The highest BCUT2D eigenvalue weighted by molar-refractivity contribution is 5.87. The number of nitrogens with two attached hydrogens (primary N) is 1. The molecule has 0 amide bonds. The number of nitrogens with zero attached hydrogens (tertiary/aromatic N) is 6. The summed E-state index contributed by atoms with van der Waals surface area (Å²) in [6.07, 6.45) is 8.92. The molecule has 2 aliphatic heterocycles. The Morgan fingerprint density at radius 2 is 1.97 bits per heavy atom. The van der Waals surface area contributed by atoms with Crippen molar-refractivity contribution in [2.45, 2.75) is 38.1 Å². The molecule has 34 heavy (non-hydrogen) atoms. The number of H-pyrrole nitrogens is 1. The normalized spacial score (nSPS) is 20.5. The minimum Gasteiger partial charge on any atom is -0.352 e. The van der Waals surface area contributed by atoms with Gasteiger partial charge in [-0.1, -0.05) is 30.3 Å². The Hall–Kier alpha value is -3.52. The van der Waals surface area contributed by atoms with Crippen LogP contribution in [-0.2, 0) is 12.8 Å². The van der Waals surface area contributed by atoms with E-state index in [-0.39, 0.29) is 0 Å². The zero-order valence-corrected chi connectivity index (χ0v) is 19.3. The third-order valence-electron chi connectivity index (χ3n) is 7.21. The average Bonchev–Trinajstić information content (AvgIpc) is 3.32. The lowest BCUT2D eigenvalue weighted by Crippen LogP contribution is -2.45. The lowest BCUT2D eigenvalue weighted by Gasteiger charge is -2.40. The number of nitrogens with one attached hydrogen (secondary N) is 1. The van der Waals surface area contributed by atoms with Gasteiger partial charge in [-0.05, 0) is 62.3 Å². The fourth-order valence-electron chi connectivity index (χ4n) is 5.45. The summed E-state index contributed by atoms with van der Waals surface area (Å²) in [5.74, 6) is 2.28. The first-order valence-corrected chi connectivity index (χ1v) is 12.2. The lowest BCUT2D eigenvalue weighted by atomic mass is 9.87. The molecule has 174 valence electrons. The molecule has 0 spiro atoms. The third kappa shape index (κ3) is 3.88. The monoisotopic (exact) mass is 454 g/mol. The van der Waals surface area contributed by atoms with E-state index in [1.165, 1.54) is 5.56 Å². The molecule has 0 unspecified atom stereocenters.